The predicted octanol–water partition coefficient (Wildman–Crippen LogP) is 5.49. The third kappa shape index (κ3) is 4.54. The lowest BCUT2D eigenvalue weighted by Crippen LogP contribution is -2.38. The van der Waals surface area contributed by atoms with Crippen molar-refractivity contribution in [2.45, 2.75) is 32.4 Å². The van der Waals surface area contributed by atoms with Gasteiger partial charge >= 0.3 is 0 Å². The van der Waals surface area contributed by atoms with Gasteiger partial charge in [0.05, 0.1) is 18.3 Å². The second kappa shape index (κ2) is 8.74. The minimum Gasteiger partial charge on any atom is -0.467 e. The summed E-state index contributed by atoms with van der Waals surface area (Å²) in [6.07, 6.45) is 3.42. The van der Waals surface area contributed by atoms with Gasteiger partial charge in [-0.25, -0.2) is 4.98 Å². The largest absolute Gasteiger partial charge is 0.467 e. The molecule has 0 aliphatic heterocycles. The zero-order valence-electron chi connectivity index (χ0n) is 16.5. The molecule has 146 valence electrons. The molecule has 1 atom stereocenters. The molecule has 0 spiro atoms. The van der Waals surface area contributed by atoms with Crippen LogP contribution in [0, 0.1) is 0 Å². The van der Waals surface area contributed by atoms with Crippen LogP contribution in [0.1, 0.15) is 35.2 Å². The zero-order chi connectivity index (χ0) is 20.1. The van der Waals surface area contributed by atoms with Crippen molar-refractivity contribution in [3.05, 3.63) is 102 Å². The van der Waals surface area contributed by atoms with Gasteiger partial charge in [0, 0.05) is 11.4 Å². The SMILES string of the molecule is C[C@H](CCc1ccccc1)N(Cc1ccco1)C(=O)c1ccc2ccccc2n1. The van der Waals surface area contributed by atoms with Crippen LogP contribution in [0.4, 0.5) is 0 Å². The average Bonchev–Trinajstić information content (AvgIpc) is 3.29. The van der Waals surface area contributed by atoms with Gasteiger partial charge in [-0.1, -0.05) is 54.6 Å². The Hall–Kier alpha value is -3.40. The predicted molar refractivity (Wildman–Crippen MR) is 115 cm³/mol. The Balaban J connectivity index is 1.57. The number of furan rings is 1. The Morgan fingerprint density at radius 3 is 2.55 bits per heavy atom. The molecule has 0 saturated heterocycles. The summed E-state index contributed by atoms with van der Waals surface area (Å²) in [4.78, 5) is 19.9. The van der Waals surface area contributed by atoms with E-state index in [1.807, 2.05) is 71.6 Å². The molecule has 2 aromatic heterocycles. The van der Waals surface area contributed by atoms with Crippen LogP contribution in [0.25, 0.3) is 10.9 Å². The number of carbonyl (C=O) groups excluding carboxylic acids is 1. The molecule has 4 heteroatoms. The number of amides is 1. The van der Waals surface area contributed by atoms with E-state index < -0.39 is 0 Å². The first-order valence-electron chi connectivity index (χ1n) is 9.94. The van der Waals surface area contributed by atoms with Crippen LogP contribution < -0.4 is 0 Å². The van der Waals surface area contributed by atoms with Gasteiger partial charge in [0.25, 0.3) is 5.91 Å². The fourth-order valence-corrected chi connectivity index (χ4v) is 3.51. The molecule has 0 aliphatic carbocycles. The van der Waals surface area contributed by atoms with E-state index in [1.165, 1.54) is 5.56 Å². The summed E-state index contributed by atoms with van der Waals surface area (Å²) in [7, 11) is 0. The minimum atomic E-state index is -0.0762. The highest BCUT2D eigenvalue weighted by molar-refractivity contribution is 5.95. The van der Waals surface area contributed by atoms with E-state index >= 15 is 0 Å². The fraction of sp³-hybridized carbons (Fsp3) is 0.200. The maximum atomic E-state index is 13.4. The molecule has 0 radical (unpaired) electrons. The van der Waals surface area contributed by atoms with Crippen LogP contribution in [0.15, 0.2) is 89.5 Å². The van der Waals surface area contributed by atoms with E-state index in [4.69, 9.17) is 4.42 Å². The monoisotopic (exact) mass is 384 g/mol. The van der Waals surface area contributed by atoms with Gasteiger partial charge < -0.3 is 9.32 Å². The lowest BCUT2D eigenvalue weighted by atomic mass is 10.0. The number of carbonyl (C=O) groups is 1. The third-order valence-corrected chi connectivity index (χ3v) is 5.21. The van der Waals surface area contributed by atoms with Gasteiger partial charge in [-0.05, 0) is 49.6 Å². The molecule has 29 heavy (non-hydrogen) atoms. The van der Waals surface area contributed by atoms with Crippen molar-refractivity contribution in [2.75, 3.05) is 0 Å². The molecule has 0 unspecified atom stereocenters. The molecule has 4 rings (SSSR count). The number of pyridine rings is 1. The Morgan fingerprint density at radius 1 is 0.966 bits per heavy atom. The van der Waals surface area contributed by atoms with Gasteiger partial charge in [-0.15, -0.1) is 0 Å². The van der Waals surface area contributed by atoms with Crippen LogP contribution in [0.2, 0.25) is 0 Å². The molecule has 0 N–H and O–H groups in total. The smallest absolute Gasteiger partial charge is 0.273 e. The lowest BCUT2D eigenvalue weighted by Gasteiger charge is -2.28. The highest BCUT2D eigenvalue weighted by Gasteiger charge is 2.24. The third-order valence-electron chi connectivity index (χ3n) is 5.21. The topological polar surface area (TPSA) is 46.3 Å². The minimum absolute atomic E-state index is 0.0427. The summed E-state index contributed by atoms with van der Waals surface area (Å²) >= 11 is 0. The second-order valence-corrected chi connectivity index (χ2v) is 7.27. The number of fused-ring (bicyclic) bond motifs is 1. The van der Waals surface area contributed by atoms with Gasteiger partial charge in [0.15, 0.2) is 0 Å². The summed E-state index contributed by atoms with van der Waals surface area (Å²) < 4.78 is 5.52. The number of hydrogen-bond acceptors (Lipinski definition) is 3. The molecule has 2 aromatic carbocycles. The van der Waals surface area contributed by atoms with E-state index in [9.17, 15) is 4.79 Å². The molecule has 0 bridgehead atoms. The highest BCUT2D eigenvalue weighted by atomic mass is 16.3. The maximum absolute atomic E-state index is 13.4. The average molecular weight is 384 g/mol. The molecule has 0 saturated carbocycles. The van der Waals surface area contributed by atoms with Crippen LogP contribution in [-0.4, -0.2) is 21.8 Å². The van der Waals surface area contributed by atoms with Crippen molar-refractivity contribution < 1.29 is 9.21 Å². The Morgan fingerprint density at radius 2 is 1.76 bits per heavy atom. The molecular weight excluding hydrogens is 360 g/mol. The van der Waals surface area contributed by atoms with Crippen LogP contribution in [-0.2, 0) is 13.0 Å². The van der Waals surface area contributed by atoms with Crippen molar-refractivity contribution in [1.29, 1.82) is 0 Å². The van der Waals surface area contributed by atoms with Crippen molar-refractivity contribution in [2.24, 2.45) is 0 Å². The molecule has 2 heterocycles. The van der Waals surface area contributed by atoms with Crippen LogP contribution in [0.3, 0.4) is 0 Å². The van der Waals surface area contributed by atoms with E-state index in [1.54, 1.807) is 6.26 Å². The first-order valence-corrected chi connectivity index (χ1v) is 9.94. The molecule has 1 amide bonds. The van der Waals surface area contributed by atoms with E-state index in [0.717, 1.165) is 29.5 Å². The normalized spacial score (nSPS) is 12.0. The molecule has 4 aromatic rings. The van der Waals surface area contributed by atoms with Crippen molar-refractivity contribution >= 4 is 16.8 Å². The first-order chi connectivity index (χ1) is 14.2. The summed E-state index contributed by atoms with van der Waals surface area (Å²) in [5, 5.41) is 1.03. The molecule has 4 nitrogen and oxygen atoms in total. The number of hydrogen-bond donors (Lipinski definition) is 0. The van der Waals surface area contributed by atoms with Gasteiger partial charge in [0.1, 0.15) is 11.5 Å². The quantitative estimate of drug-likeness (QED) is 0.423. The Bertz CT molecular complexity index is 1070. The van der Waals surface area contributed by atoms with Crippen LogP contribution in [0.5, 0.6) is 0 Å². The van der Waals surface area contributed by atoms with E-state index in [2.05, 4.69) is 24.0 Å². The number of para-hydroxylation sites is 1. The first kappa shape index (κ1) is 18.9. The maximum Gasteiger partial charge on any atom is 0.273 e. The number of aromatic nitrogens is 1. The summed E-state index contributed by atoms with van der Waals surface area (Å²) in [6, 6.07) is 25.8. The Labute approximate surface area is 170 Å². The highest BCUT2D eigenvalue weighted by Crippen LogP contribution is 2.19. The summed E-state index contributed by atoms with van der Waals surface area (Å²) in [5.41, 5.74) is 2.56. The second-order valence-electron chi connectivity index (χ2n) is 7.27. The van der Waals surface area contributed by atoms with Crippen molar-refractivity contribution in [3.8, 4) is 0 Å². The lowest BCUT2D eigenvalue weighted by molar-refractivity contribution is 0.0646. The summed E-state index contributed by atoms with van der Waals surface area (Å²) in [5.74, 6) is 0.693. The van der Waals surface area contributed by atoms with E-state index in [-0.39, 0.29) is 11.9 Å². The molecule has 0 aliphatic rings. The van der Waals surface area contributed by atoms with Gasteiger partial charge in [-0.2, -0.15) is 0 Å². The Kier molecular flexibility index (Phi) is 5.71. The van der Waals surface area contributed by atoms with Crippen molar-refractivity contribution in [3.63, 3.8) is 0 Å². The standard InChI is InChI=1S/C25H24N2O2/c1-19(13-14-20-8-3-2-4-9-20)27(18-22-11-7-17-29-22)25(28)24-16-15-21-10-5-6-12-23(21)26-24/h2-12,15-17,19H,13-14,18H2,1H3/t19-/m1/s1. The molecule has 0 fully saturated rings. The summed E-state index contributed by atoms with van der Waals surface area (Å²) in [6.45, 7) is 2.52. The van der Waals surface area contributed by atoms with Gasteiger partial charge in [0.2, 0.25) is 0 Å². The van der Waals surface area contributed by atoms with Crippen molar-refractivity contribution in [1.82, 2.24) is 9.88 Å². The molecular formula is C25H24N2O2. The number of aryl methyl sites for hydroxylation is 1. The van der Waals surface area contributed by atoms with Crippen LogP contribution >= 0.6 is 0 Å². The fourth-order valence-electron chi connectivity index (χ4n) is 3.51. The number of nitrogens with zero attached hydrogens (tertiary/aromatic N) is 2. The zero-order valence-corrected chi connectivity index (χ0v) is 16.5. The number of benzene rings is 2. The van der Waals surface area contributed by atoms with E-state index in [0.29, 0.717) is 12.2 Å². The van der Waals surface area contributed by atoms with Gasteiger partial charge in [-0.3, -0.25) is 4.79 Å². The number of rotatable bonds is 7.